The molecule has 0 saturated carbocycles. The van der Waals surface area contributed by atoms with E-state index >= 15 is 0 Å². The number of likely N-dealkylation sites (tertiary alicyclic amines) is 1. The number of carbonyl (C=O) groups excluding carboxylic acids is 1. The van der Waals surface area contributed by atoms with E-state index in [2.05, 4.69) is 10.1 Å². The van der Waals surface area contributed by atoms with Gasteiger partial charge in [0.15, 0.2) is 0 Å². The maximum atomic E-state index is 12.6. The number of rotatable bonds is 7. The van der Waals surface area contributed by atoms with E-state index in [1.807, 2.05) is 42.5 Å². The van der Waals surface area contributed by atoms with Crippen LogP contribution in [0.5, 0.6) is 17.2 Å². The normalized spacial score (nSPS) is 16.0. The van der Waals surface area contributed by atoms with Crippen molar-refractivity contribution in [1.29, 1.82) is 0 Å². The average molecular weight is 409 g/mol. The average Bonchev–Trinajstić information content (AvgIpc) is 3.41. The topological polar surface area (TPSA) is 86.9 Å². The van der Waals surface area contributed by atoms with Gasteiger partial charge in [-0.3, -0.25) is 4.79 Å². The molecule has 0 spiro atoms. The number of para-hydroxylation sites is 1. The third kappa shape index (κ3) is 3.80. The lowest BCUT2D eigenvalue weighted by Crippen LogP contribution is -2.24. The zero-order valence-corrected chi connectivity index (χ0v) is 17.1. The molecule has 1 aromatic heterocycles. The minimum Gasteiger partial charge on any atom is -0.497 e. The first-order valence-corrected chi connectivity index (χ1v) is 9.58. The van der Waals surface area contributed by atoms with Gasteiger partial charge in [0, 0.05) is 31.1 Å². The highest BCUT2D eigenvalue weighted by Gasteiger charge is 2.35. The van der Waals surface area contributed by atoms with Gasteiger partial charge in [-0.15, -0.1) is 0 Å². The Hall–Kier alpha value is -3.55. The van der Waals surface area contributed by atoms with Gasteiger partial charge in [-0.1, -0.05) is 17.3 Å². The summed E-state index contributed by atoms with van der Waals surface area (Å²) in [5, 5.41) is 4.09. The van der Waals surface area contributed by atoms with Crippen LogP contribution in [-0.4, -0.2) is 48.8 Å². The van der Waals surface area contributed by atoms with E-state index in [4.69, 9.17) is 18.7 Å². The zero-order chi connectivity index (χ0) is 21.1. The van der Waals surface area contributed by atoms with Crippen molar-refractivity contribution < 1.29 is 23.5 Å². The van der Waals surface area contributed by atoms with Crippen molar-refractivity contribution in [3.63, 3.8) is 0 Å². The predicted molar refractivity (Wildman–Crippen MR) is 109 cm³/mol. The van der Waals surface area contributed by atoms with Crippen molar-refractivity contribution in [3.8, 4) is 28.6 Å². The van der Waals surface area contributed by atoms with Crippen molar-refractivity contribution >= 4 is 5.91 Å². The highest BCUT2D eigenvalue weighted by Crippen LogP contribution is 2.33. The Morgan fingerprint density at radius 1 is 1.07 bits per heavy atom. The summed E-state index contributed by atoms with van der Waals surface area (Å²) in [7, 11) is 4.80. The van der Waals surface area contributed by atoms with Crippen LogP contribution in [0.2, 0.25) is 0 Å². The number of hydrogen-bond acceptors (Lipinski definition) is 7. The maximum absolute atomic E-state index is 12.6. The van der Waals surface area contributed by atoms with E-state index in [9.17, 15) is 4.79 Å². The molecule has 8 nitrogen and oxygen atoms in total. The van der Waals surface area contributed by atoms with Crippen LogP contribution in [0.1, 0.15) is 23.8 Å². The number of ether oxygens (including phenoxy) is 3. The van der Waals surface area contributed by atoms with E-state index < -0.39 is 0 Å². The Kier molecular flexibility index (Phi) is 5.56. The first kappa shape index (κ1) is 19.8. The lowest BCUT2D eigenvalue weighted by Gasteiger charge is -2.18. The van der Waals surface area contributed by atoms with Crippen LogP contribution in [0.15, 0.2) is 47.0 Å². The summed E-state index contributed by atoms with van der Waals surface area (Å²) in [6.07, 6.45) is 0.325. The molecule has 8 heteroatoms. The molecule has 1 unspecified atom stereocenters. The Morgan fingerprint density at radius 2 is 1.87 bits per heavy atom. The standard InChI is InChI=1S/C22H23N3O5/c1-27-16-9-8-14(19(11-16)29-3)12-25-13-15(10-20(25)26)22-23-21(24-30-22)17-6-4-5-7-18(17)28-2/h4-9,11,15H,10,12-13H2,1-3H3. The van der Waals surface area contributed by atoms with Crippen LogP contribution < -0.4 is 14.2 Å². The molecule has 1 aliphatic heterocycles. The largest absolute Gasteiger partial charge is 0.497 e. The second-order valence-corrected chi connectivity index (χ2v) is 7.01. The molecule has 30 heavy (non-hydrogen) atoms. The molecule has 1 atom stereocenters. The van der Waals surface area contributed by atoms with Crippen molar-refractivity contribution in [1.82, 2.24) is 15.0 Å². The van der Waals surface area contributed by atoms with Gasteiger partial charge in [0.1, 0.15) is 17.2 Å². The second-order valence-electron chi connectivity index (χ2n) is 7.01. The summed E-state index contributed by atoms with van der Waals surface area (Å²) in [5.41, 5.74) is 1.66. The van der Waals surface area contributed by atoms with Gasteiger partial charge in [-0.25, -0.2) is 0 Å². The number of carbonyl (C=O) groups is 1. The molecule has 156 valence electrons. The SMILES string of the molecule is COc1ccc(CN2CC(c3nc(-c4ccccc4OC)no3)CC2=O)c(OC)c1. The molecule has 3 aromatic rings. The molecule has 1 amide bonds. The minimum absolute atomic E-state index is 0.0370. The quantitative estimate of drug-likeness (QED) is 0.592. The minimum atomic E-state index is -0.155. The van der Waals surface area contributed by atoms with Gasteiger partial charge in [0.2, 0.25) is 17.6 Å². The fourth-order valence-electron chi connectivity index (χ4n) is 3.62. The van der Waals surface area contributed by atoms with Crippen molar-refractivity contribution in [3.05, 3.63) is 53.9 Å². The molecule has 0 bridgehead atoms. The summed E-state index contributed by atoms with van der Waals surface area (Å²) in [6, 6.07) is 13.0. The Morgan fingerprint density at radius 3 is 2.63 bits per heavy atom. The van der Waals surface area contributed by atoms with Gasteiger partial charge in [0.25, 0.3) is 0 Å². The smallest absolute Gasteiger partial charge is 0.232 e. The summed E-state index contributed by atoms with van der Waals surface area (Å²) < 4.78 is 21.5. The summed E-state index contributed by atoms with van der Waals surface area (Å²) in [4.78, 5) is 18.9. The number of hydrogen-bond donors (Lipinski definition) is 0. The Bertz CT molecular complexity index is 1050. The lowest BCUT2D eigenvalue weighted by atomic mass is 10.1. The molecular weight excluding hydrogens is 386 g/mol. The number of methoxy groups -OCH3 is 3. The summed E-state index contributed by atoms with van der Waals surface area (Å²) >= 11 is 0. The summed E-state index contributed by atoms with van der Waals surface area (Å²) in [6.45, 7) is 0.942. The van der Waals surface area contributed by atoms with Crippen LogP contribution in [0, 0.1) is 0 Å². The van der Waals surface area contributed by atoms with Gasteiger partial charge in [0.05, 0.1) is 32.8 Å². The zero-order valence-electron chi connectivity index (χ0n) is 17.1. The number of nitrogens with zero attached hydrogens (tertiary/aromatic N) is 3. The van der Waals surface area contributed by atoms with E-state index in [-0.39, 0.29) is 11.8 Å². The second kappa shape index (κ2) is 8.44. The molecule has 2 aromatic carbocycles. The number of amides is 1. The van der Waals surface area contributed by atoms with E-state index in [1.165, 1.54) is 0 Å². The molecule has 4 rings (SSSR count). The van der Waals surface area contributed by atoms with Crippen molar-refractivity contribution in [2.75, 3.05) is 27.9 Å². The van der Waals surface area contributed by atoms with Crippen LogP contribution in [0.25, 0.3) is 11.4 Å². The Labute approximate surface area is 174 Å². The van der Waals surface area contributed by atoms with E-state index in [0.29, 0.717) is 48.5 Å². The molecule has 0 aliphatic carbocycles. The first-order valence-electron chi connectivity index (χ1n) is 9.58. The van der Waals surface area contributed by atoms with E-state index in [1.54, 1.807) is 26.2 Å². The molecule has 1 fully saturated rings. The molecule has 2 heterocycles. The summed E-state index contributed by atoms with van der Waals surface area (Å²) in [5.74, 6) is 2.84. The van der Waals surface area contributed by atoms with Crippen LogP contribution in [-0.2, 0) is 11.3 Å². The van der Waals surface area contributed by atoms with Crippen molar-refractivity contribution in [2.45, 2.75) is 18.9 Å². The third-order valence-corrected chi connectivity index (χ3v) is 5.21. The van der Waals surface area contributed by atoms with Gasteiger partial charge in [-0.2, -0.15) is 4.98 Å². The molecule has 1 saturated heterocycles. The lowest BCUT2D eigenvalue weighted by molar-refractivity contribution is -0.128. The number of benzene rings is 2. The molecule has 0 N–H and O–H groups in total. The van der Waals surface area contributed by atoms with E-state index in [0.717, 1.165) is 11.1 Å². The van der Waals surface area contributed by atoms with Gasteiger partial charge >= 0.3 is 0 Å². The van der Waals surface area contributed by atoms with Crippen LogP contribution in [0.3, 0.4) is 0 Å². The fourth-order valence-corrected chi connectivity index (χ4v) is 3.62. The van der Waals surface area contributed by atoms with Crippen LogP contribution >= 0.6 is 0 Å². The highest BCUT2D eigenvalue weighted by molar-refractivity contribution is 5.79. The van der Waals surface area contributed by atoms with Gasteiger partial charge < -0.3 is 23.6 Å². The molecule has 0 radical (unpaired) electrons. The fraction of sp³-hybridized carbons (Fsp3) is 0.318. The third-order valence-electron chi connectivity index (χ3n) is 5.21. The van der Waals surface area contributed by atoms with Gasteiger partial charge in [-0.05, 0) is 24.3 Å². The maximum Gasteiger partial charge on any atom is 0.232 e. The van der Waals surface area contributed by atoms with Crippen LogP contribution in [0.4, 0.5) is 0 Å². The highest BCUT2D eigenvalue weighted by atomic mass is 16.5. The monoisotopic (exact) mass is 409 g/mol. The molecule has 1 aliphatic rings. The molecular formula is C22H23N3O5. The Balaban J connectivity index is 1.50. The van der Waals surface area contributed by atoms with Crippen molar-refractivity contribution in [2.24, 2.45) is 0 Å². The number of aromatic nitrogens is 2. The predicted octanol–water partition coefficient (Wildman–Crippen LogP) is 3.28. The first-order chi connectivity index (χ1) is 14.6.